The van der Waals surface area contributed by atoms with Crippen LogP contribution in [0, 0.1) is 0 Å². The van der Waals surface area contributed by atoms with Crippen molar-refractivity contribution in [2.24, 2.45) is 0 Å². The molecule has 3 aromatic carbocycles. The van der Waals surface area contributed by atoms with Gasteiger partial charge in [-0.2, -0.15) is 0 Å². The SMILES string of the molecule is CCC12CCC1(CC)[N+]1=C(c3ccccc32)N(c2c(C(C)C)cc(-c3ccccc3)cc2C(C)C)CC1. The molecule has 2 unspecified atom stereocenters. The molecule has 2 heterocycles. The van der Waals surface area contributed by atoms with E-state index in [1.807, 2.05) is 0 Å². The molecule has 37 heavy (non-hydrogen) atoms. The van der Waals surface area contributed by atoms with E-state index in [0.29, 0.717) is 11.8 Å². The molecule has 0 spiro atoms. The van der Waals surface area contributed by atoms with Crippen LogP contribution < -0.4 is 4.90 Å². The Kier molecular flexibility index (Phi) is 5.86. The summed E-state index contributed by atoms with van der Waals surface area (Å²) >= 11 is 0. The summed E-state index contributed by atoms with van der Waals surface area (Å²) in [6, 6.07) is 25.3. The molecular formula is C35H43N2+. The number of benzene rings is 3. The van der Waals surface area contributed by atoms with Gasteiger partial charge in [0.05, 0.1) is 5.56 Å². The lowest BCUT2D eigenvalue weighted by molar-refractivity contribution is -0.634. The fourth-order valence-electron chi connectivity index (χ4n) is 8.14. The Balaban J connectivity index is 1.60. The van der Waals surface area contributed by atoms with E-state index >= 15 is 0 Å². The third kappa shape index (κ3) is 3.27. The summed E-state index contributed by atoms with van der Waals surface area (Å²) in [7, 11) is 0. The van der Waals surface area contributed by atoms with Crippen LogP contribution in [0.3, 0.4) is 0 Å². The Morgan fingerprint density at radius 1 is 0.784 bits per heavy atom. The van der Waals surface area contributed by atoms with Gasteiger partial charge in [0.2, 0.25) is 0 Å². The Morgan fingerprint density at radius 3 is 2.00 bits per heavy atom. The highest BCUT2D eigenvalue weighted by atomic mass is 15.4. The summed E-state index contributed by atoms with van der Waals surface area (Å²) in [6.07, 6.45) is 5.07. The summed E-state index contributed by atoms with van der Waals surface area (Å²) in [5, 5.41) is 0. The van der Waals surface area contributed by atoms with Gasteiger partial charge < -0.3 is 0 Å². The summed E-state index contributed by atoms with van der Waals surface area (Å²) in [6.45, 7) is 16.5. The largest absolute Gasteiger partial charge is 0.285 e. The molecule has 0 N–H and O–H groups in total. The van der Waals surface area contributed by atoms with Crippen LogP contribution in [0.2, 0.25) is 0 Å². The van der Waals surface area contributed by atoms with Crippen LogP contribution in [0.4, 0.5) is 5.69 Å². The smallest absolute Gasteiger partial charge is 0.251 e. The number of nitrogens with zero attached hydrogens (tertiary/aromatic N) is 2. The Hall–Kier alpha value is -2.87. The molecule has 192 valence electrons. The topological polar surface area (TPSA) is 6.25 Å². The second kappa shape index (κ2) is 8.86. The maximum Gasteiger partial charge on any atom is 0.285 e. The van der Waals surface area contributed by atoms with Crippen molar-refractivity contribution in [2.45, 2.75) is 90.0 Å². The van der Waals surface area contributed by atoms with E-state index in [4.69, 9.17) is 0 Å². The summed E-state index contributed by atoms with van der Waals surface area (Å²) in [5.74, 6) is 2.36. The quantitative estimate of drug-likeness (QED) is 0.313. The fourth-order valence-corrected chi connectivity index (χ4v) is 8.14. The van der Waals surface area contributed by atoms with Crippen LogP contribution in [0.5, 0.6) is 0 Å². The van der Waals surface area contributed by atoms with Gasteiger partial charge in [0.25, 0.3) is 5.84 Å². The van der Waals surface area contributed by atoms with Crippen LogP contribution in [0.15, 0.2) is 66.7 Å². The van der Waals surface area contributed by atoms with Gasteiger partial charge in [-0.3, -0.25) is 4.58 Å². The van der Waals surface area contributed by atoms with E-state index in [0.717, 1.165) is 13.1 Å². The first-order valence-electron chi connectivity index (χ1n) is 14.6. The van der Waals surface area contributed by atoms with Gasteiger partial charge in [-0.15, -0.1) is 0 Å². The van der Waals surface area contributed by atoms with E-state index in [-0.39, 0.29) is 11.0 Å². The lowest BCUT2D eigenvalue weighted by atomic mass is 9.47. The predicted octanol–water partition coefficient (Wildman–Crippen LogP) is 8.48. The molecule has 0 amide bonds. The molecule has 2 nitrogen and oxygen atoms in total. The van der Waals surface area contributed by atoms with E-state index in [2.05, 4.69) is 118 Å². The molecule has 0 saturated heterocycles. The molecule has 2 aliphatic heterocycles. The molecule has 3 aromatic rings. The monoisotopic (exact) mass is 491 g/mol. The average molecular weight is 492 g/mol. The molecule has 0 bridgehead atoms. The molecule has 2 heteroatoms. The lowest BCUT2D eigenvalue weighted by Gasteiger charge is -2.60. The maximum atomic E-state index is 2.86. The first-order chi connectivity index (χ1) is 17.9. The molecular weight excluding hydrogens is 448 g/mol. The van der Waals surface area contributed by atoms with E-state index in [9.17, 15) is 0 Å². The molecule has 2 atom stereocenters. The molecule has 6 rings (SSSR count). The molecule has 3 aliphatic rings. The highest BCUT2D eigenvalue weighted by Gasteiger charge is 2.67. The number of hydrogen-bond acceptors (Lipinski definition) is 1. The van der Waals surface area contributed by atoms with Gasteiger partial charge in [0.15, 0.2) is 0 Å². The summed E-state index contributed by atoms with van der Waals surface area (Å²) in [5.41, 5.74) is 10.7. The van der Waals surface area contributed by atoms with Gasteiger partial charge >= 0.3 is 0 Å². The Labute approximate surface area is 224 Å². The maximum absolute atomic E-state index is 2.86. The minimum Gasteiger partial charge on any atom is -0.251 e. The van der Waals surface area contributed by atoms with Gasteiger partial charge in [0.1, 0.15) is 24.3 Å². The third-order valence-electron chi connectivity index (χ3n) is 10.1. The molecule has 1 aliphatic carbocycles. The van der Waals surface area contributed by atoms with Crippen molar-refractivity contribution in [2.75, 3.05) is 18.0 Å². The van der Waals surface area contributed by atoms with Gasteiger partial charge in [-0.05, 0) is 72.4 Å². The van der Waals surface area contributed by atoms with Crippen molar-refractivity contribution >= 4 is 11.5 Å². The zero-order valence-corrected chi connectivity index (χ0v) is 23.6. The molecule has 1 fully saturated rings. The Morgan fingerprint density at radius 2 is 1.43 bits per heavy atom. The van der Waals surface area contributed by atoms with Gasteiger partial charge in [0, 0.05) is 16.5 Å². The normalized spacial score (nSPS) is 24.3. The third-order valence-corrected chi connectivity index (χ3v) is 10.1. The van der Waals surface area contributed by atoms with Gasteiger partial charge in [-0.1, -0.05) is 90.1 Å². The van der Waals surface area contributed by atoms with Crippen LogP contribution in [0.25, 0.3) is 11.1 Å². The van der Waals surface area contributed by atoms with Crippen LogP contribution >= 0.6 is 0 Å². The van der Waals surface area contributed by atoms with Crippen molar-refractivity contribution < 1.29 is 4.58 Å². The van der Waals surface area contributed by atoms with E-state index in [1.165, 1.54) is 65.0 Å². The summed E-state index contributed by atoms with van der Waals surface area (Å²) < 4.78 is 2.86. The number of rotatable bonds is 6. The number of hydrogen-bond donors (Lipinski definition) is 0. The summed E-state index contributed by atoms with van der Waals surface area (Å²) in [4.78, 5) is 2.73. The second-order valence-corrected chi connectivity index (χ2v) is 12.2. The van der Waals surface area contributed by atoms with Crippen molar-refractivity contribution in [3.63, 3.8) is 0 Å². The predicted molar refractivity (Wildman–Crippen MR) is 157 cm³/mol. The van der Waals surface area contributed by atoms with Crippen molar-refractivity contribution in [3.05, 3.63) is 89.0 Å². The Bertz CT molecular complexity index is 1330. The molecule has 1 saturated carbocycles. The van der Waals surface area contributed by atoms with Crippen molar-refractivity contribution in [1.82, 2.24) is 0 Å². The number of fused-ring (bicyclic) bond motifs is 5. The minimum absolute atomic E-state index is 0.250. The van der Waals surface area contributed by atoms with Gasteiger partial charge in [-0.25, -0.2) is 4.90 Å². The second-order valence-electron chi connectivity index (χ2n) is 12.2. The minimum atomic E-state index is 0.250. The fraction of sp³-hybridized carbons (Fsp3) is 0.457. The van der Waals surface area contributed by atoms with Crippen molar-refractivity contribution in [3.8, 4) is 11.1 Å². The van der Waals surface area contributed by atoms with Crippen LogP contribution in [-0.4, -0.2) is 29.0 Å². The first kappa shape index (κ1) is 24.5. The first-order valence-corrected chi connectivity index (χ1v) is 14.6. The molecule has 0 radical (unpaired) electrons. The highest BCUT2D eigenvalue weighted by molar-refractivity contribution is 6.10. The van der Waals surface area contributed by atoms with Crippen LogP contribution in [-0.2, 0) is 5.41 Å². The van der Waals surface area contributed by atoms with E-state index in [1.54, 1.807) is 5.56 Å². The number of amidine groups is 1. The zero-order chi connectivity index (χ0) is 25.9. The average Bonchev–Trinajstić information content (AvgIpc) is 3.34. The standard InChI is InChI=1S/C35H43N2/c1-7-34-18-19-35(34,8-2)37-21-20-36(33(37)28-16-12-13-17-31(28)34)32-29(24(3)4)22-27(23-30(32)25(5)6)26-14-10-9-11-15-26/h9-17,22-25H,7-8,18-21H2,1-6H3/q+1. The zero-order valence-electron chi connectivity index (χ0n) is 23.6. The lowest BCUT2D eigenvalue weighted by Crippen LogP contribution is -2.69. The number of anilines is 1. The van der Waals surface area contributed by atoms with Crippen molar-refractivity contribution in [1.29, 1.82) is 0 Å². The van der Waals surface area contributed by atoms with Crippen LogP contribution in [0.1, 0.15) is 101 Å². The molecule has 0 aromatic heterocycles. The van der Waals surface area contributed by atoms with E-state index < -0.39 is 0 Å². The highest BCUT2D eigenvalue weighted by Crippen LogP contribution is 2.61.